The number of hydrogen-bond donors (Lipinski definition) is 1. The second kappa shape index (κ2) is 6.60. The van der Waals surface area contributed by atoms with Gasteiger partial charge >= 0.3 is 0 Å². The van der Waals surface area contributed by atoms with Crippen molar-refractivity contribution >= 4 is 27.5 Å². The molecular weight excluding hydrogens is 202 g/mol. The molecule has 13 heavy (non-hydrogen) atoms. The maximum absolute atomic E-state index is 11.4. The topological polar surface area (TPSA) is 29.1 Å². The lowest BCUT2D eigenvalue weighted by Gasteiger charge is -2.12. The predicted molar refractivity (Wildman–Crippen MR) is 61.0 cm³/mol. The highest BCUT2D eigenvalue weighted by molar-refractivity contribution is 8.77. The molecule has 0 spiro atoms. The predicted octanol–water partition coefficient (Wildman–Crippen LogP) is 2.45. The van der Waals surface area contributed by atoms with Gasteiger partial charge in [-0.2, -0.15) is 0 Å². The molecule has 0 aromatic heterocycles. The second-order valence-electron chi connectivity index (χ2n) is 3.22. The van der Waals surface area contributed by atoms with Crippen LogP contribution in [0.25, 0.3) is 0 Å². The van der Waals surface area contributed by atoms with Crippen LogP contribution in [-0.2, 0) is 4.79 Å². The van der Waals surface area contributed by atoms with Crippen molar-refractivity contribution in [2.75, 3.05) is 12.8 Å². The highest BCUT2D eigenvalue weighted by Crippen LogP contribution is 2.32. The van der Waals surface area contributed by atoms with Gasteiger partial charge in [0.2, 0.25) is 5.91 Å². The van der Waals surface area contributed by atoms with Gasteiger partial charge < -0.3 is 5.32 Å². The summed E-state index contributed by atoms with van der Waals surface area (Å²) in [5.41, 5.74) is 0. The minimum Gasteiger partial charge on any atom is -0.358 e. The van der Waals surface area contributed by atoms with Crippen LogP contribution in [0.1, 0.15) is 32.1 Å². The maximum Gasteiger partial charge on any atom is 0.233 e. The van der Waals surface area contributed by atoms with Crippen LogP contribution < -0.4 is 5.32 Å². The van der Waals surface area contributed by atoms with Gasteiger partial charge in [0.15, 0.2) is 0 Å². The fourth-order valence-corrected chi connectivity index (χ4v) is 4.09. The molecule has 2 nitrogen and oxygen atoms in total. The fraction of sp³-hybridized carbons (Fsp3) is 0.889. The van der Waals surface area contributed by atoms with Crippen molar-refractivity contribution in [3.05, 3.63) is 0 Å². The van der Waals surface area contributed by atoms with E-state index in [4.69, 9.17) is 0 Å². The average molecular weight is 219 g/mol. The van der Waals surface area contributed by atoms with Crippen LogP contribution in [0.15, 0.2) is 0 Å². The summed E-state index contributed by atoms with van der Waals surface area (Å²) in [5, 5.41) is 2.90. The van der Waals surface area contributed by atoms with Crippen LogP contribution in [0, 0.1) is 0 Å². The van der Waals surface area contributed by atoms with E-state index in [9.17, 15) is 4.79 Å². The number of nitrogens with one attached hydrogen (secondary N) is 1. The molecule has 4 heteroatoms. The van der Waals surface area contributed by atoms with Crippen molar-refractivity contribution in [2.24, 2.45) is 0 Å². The molecular formula is C9H17NOS2. The van der Waals surface area contributed by atoms with Crippen LogP contribution in [-0.4, -0.2) is 24.0 Å². The zero-order chi connectivity index (χ0) is 9.52. The summed E-state index contributed by atoms with van der Waals surface area (Å²) in [6.07, 6.45) is 6.16. The second-order valence-corrected chi connectivity index (χ2v) is 5.91. The van der Waals surface area contributed by atoms with Crippen molar-refractivity contribution < 1.29 is 4.79 Å². The van der Waals surface area contributed by atoms with E-state index < -0.39 is 0 Å². The standard InChI is InChI=1S/C9H17NOS2/c1-10-9(11)8-6-4-2-3-5-7-12-13-8/h8H,2-7H2,1H3,(H,10,11). The zero-order valence-electron chi connectivity index (χ0n) is 8.04. The lowest BCUT2D eigenvalue weighted by atomic mass is 10.1. The maximum atomic E-state index is 11.4. The first-order valence-corrected chi connectivity index (χ1v) is 7.22. The van der Waals surface area contributed by atoms with E-state index in [-0.39, 0.29) is 11.2 Å². The third kappa shape index (κ3) is 4.27. The van der Waals surface area contributed by atoms with Crippen molar-refractivity contribution in [1.29, 1.82) is 0 Å². The summed E-state index contributed by atoms with van der Waals surface area (Å²) in [6.45, 7) is 0. The van der Waals surface area contributed by atoms with Gasteiger partial charge in [-0.15, -0.1) is 0 Å². The molecule has 0 saturated carbocycles. The fourth-order valence-electron chi connectivity index (χ4n) is 1.36. The number of rotatable bonds is 1. The van der Waals surface area contributed by atoms with E-state index in [2.05, 4.69) is 5.32 Å². The Morgan fingerprint density at radius 2 is 2.08 bits per heavy atom. The molecule has 1 N–H and O–H groups in total. The van der Waals surface area contributed by atoms with E-state index in [1.807, 2.05) is 10.8 Å². The molecule has 1 fully saturated rings. The molecule has 0 radical (unpaired) electrons. The van der Waals surface area contributed by atoms with Gasteiger partial charge in [-0.25, -0.2) is 0 Å². The van der Waals surface area contributed by atoms with Gasteiger partial charge in [-0.3, -0.25) is 4.79 Å². The molecule has 0 aromatic carbocycles. The zero-order valence-corrected chi connectivity index (χ0v) is 9.68. The summed E-state index contributed by atoms with van der Waals surface area (Å²) >= 11 is 0. The number of amides is 1. The molecule has 0 bridgehead atoms. The monoisotopic (exact) mass is 219 g/mol. The van der Waals surface area contributed by atoms with Crippen LogP contribution in [0.2, 0.25) is 0 Å². The molecule has 0 aliphatic carbocycles. The van der Waals surface area contributed by atoms with Gasteiger partial charge in [-0.05, 0) is 12.8 Å². The van der Waals surface area contributed by atoms with Crippen LogP contribution in [0.3, 0.4) is 0 Å². The molecule has 1 aliphatic rings. The Kier molecular flexibility index (Phi) is 5.71. The Balaban J connectivity index is 2.36. The molecule has 1 saturated heterocycles. The Morgan fingerprint density at radius 3 is 2.85 bits per heavy atom. The SMILES string of the molecule is CNC(=O)C1CCCCCCSS1. The first-order chi connectivity index (χ1) is 6.34. The Morgan fingerprint density at radius 1 is 1.31 bits per heavy atom. The Labute approximate surface area is 88.0 Å². The smallest absolute Gasteiger partial charge is 0.233 e. The molecule has 1 aliphatic heterocycles. The van der Waals surface area contributed by atoms with Crippen LogP contribution in [0.4, 0.5) is 0 Å². The summed E-state index contributed by atoms with van der Waals surface area (Å²) in [4.78, 5) is 11.4. The average Bonchev–Trinajstić information content (AvgIpc) is 2.29. The van der Waals surface area contributed by atoms with Crippen LogP contribution >= 0.6 is 21.6 Å². The highest BCUT2D eigenvalue weighted by atomic mass is 33.1. The molecule has 1 rings (SSSR count). The first kappa shape index (κ1) is 11.2. The Bertz CT molecular complexity index is 154. The van der Waals surface area contributed by atoms with E-state index in [1.165, 1.54) is 31.4 Å². The Hall–Kier alpha value is 0.170. The minimum atomic E-state index is 0.174. The lowest BCUT2D eigenvalue weighted by Crippen LogP contribution is -2.28. The van der Waals surface area contributed by atoms with Gasteiger partial charge in [0, 0.05) is 12.8 Å². The van der Waals surface area contributed by atoms with Gasteiger partial charge in [0.25, 0.3) is 0 Å². The highest BCUT2D eigenvalue weighted by Gasteiger charge is 2.18. The van der Waals surface area contributed by atoms with Crippen molar-refractivity contribution in [3.63, 3.8) is 0 Å². The lowest BCUT2D eigenvalue weighted by molar-refractivity contribution is -0.120. The van der Waals surface area contributed by atoms with Gasteiger partial charge in [0.05, 0.1) is 5.25 Å². The van der Waals surface area contributed by atoms with Crippen molar-refractivity contribution in [1.82, 2.24) is 5.32 Å². The molecule has 1 amide bonds. The minimum absolute atomic E-state index is 0.174. The van der Waals surface area contributed by atoms with E-state index in [1.54, 1.807) is 17.8 Å². The van der Waals surface area contributed by atoms with Crippen molar-refractivity contribution in [3.8, 4) is 0 Å². The van der Waals surface area contributed by atoms with Crippen molar-refractivity contribution in [2.45, 2.75) is 37.4 Å². The third-order valence-corrected chi connectivity index (χ3v) is 5.05. The summed E-state index contributed by atoms with van der Waals surface area (Å²) in [5.74, 6) is 1.39. The molecule has 76 valence electrons. The quantitative estimate of drug-likeness (QED) is 0.687. The molecule has 0 aromatic rings. The van der Waals surface area contributed by atoms with E-state index in [0.717, 1.165) is 6.42 Å². The molecule has 1 atom stereocenters. The van der Waals surface area contributed by atoms with Gasteiger partial charge in [0.1, 0.15) is 0 Å². The van der Waals surface area contributed by atoms with Crippen LogP contribution in [0.5, 0.6) is 0 Å². The summed E-state index contributed by atoms with van der Waals surface area (Å²) < 4.78 is 0. The molecule has 1 heterocycles. The summed E-state index contributed by atoms with van der Waals surface area (Å²) in [7, 11) is 5.32. The largest absolute Gasteiger partial charge is 0.358 e. The summed E-state index contributed by atoms with van der Waals surface area (Å²) in [6, 6.07) is 0. The first-order valence-electron chi connectivity index (χ1n) is 4.84. The number of hydrogen-bond acceptors (Lipinski definition) is 3. The van der Waals surface area contributed by atoms with E-state index >= 15 is 0 Å². The molecule has 1 unspecified atom stereocenters. The third-order valence-electron chi connectivity index (χ3n) is 2.17. The van der Waals surface area contributed by atoms with E-state index in [0.29, 0.717) is 0 Å². The van der Waals surface area contributed by atoms with Gasteiger partial charge in [-0.1, -0.05) is 40.9 Å². The number of carbonyl (C=O) groups is 1. The normalized spacial score (nSPS) is 25.5. The number of carbonyl (C=O) groups excluding carboxylic acids is 1.